The van der Waals surface area contributed by atoms with Crippen molar-refractivity contribution >= 4 is 58.0 Å². The molecule has 4 aromatic rings. The summed E-state index contributed by atoms with van der Waals surface area (Å²) < 4.78 is 78.2. The van der Waals surface area contributed by atoms with Crippen molar-refractivity contribution < 1.29 is 45.6 Å². The number of hydrogen-bond donors (Lipinski definition) is 2. The van der Waals surface area contributed by atoms with Crippen LogP contribution in [0.15, 0.2) is 94.7 Å². The van der Waals surface area contributed by atoms with E-state index in [-0.39, 0.29) is 43.3 Å². The number of rotatable bonds is 24. The summed E-state index contributed by atoms with van der Waals surface area (Å²) in [5, 5.41) is 23.1. The molecule has 0 aromatic heterocycles. The molecular formula is C44H58CaO10S2. The fourth-order valence-electron chi connectivity index (χ4n) is 6.36. The van der Waals surface area contributed by atoms with Crippen molar-refractivity contribution in [1.29, 1.82) is 0 Å². The summed E-state index contributed by atoms with van der Waals surface area (Å²) in [5.41, 5.74) is 0.664. The van der Waals surface area contributed by atoms with E-state index in [0.717, 1.165) is 51.0 Å². The molecule has 0 amide bonds. The van der Waals surface area contributed by atoms with Crippen LogP contribution >= 0.6 is 0 Å². The molecular weight excluding hydrogens is 793 g/mol. The van der Waals surface area contributed by atoms with Crippen LogP contribution in [0.3, 0.4) is 0 Å². The van der Waals surface area contributed by atoms with Gasteiger partial charge in [0.05, 0.1) is 0 Å². The first-order valence-corrected chi connectivity index (χ1v) is 22.8. The van der Waals surface area contributed by atoms with E-state index in [1.807, 2.05) is 36.4 Å². The van der Waals surface area contributed by atoms with E-state index in [1.165, 1.54) is 76.0 Å². The first kappa shape index (κ1) is 50.3. The quantitative estimate of drug-likeness (QED) is 0.0392. The Bertz CT molecular complexity index is 1810. The predicted molar refractivity (Wildman–Crippen MR) is 223 cm³/mol. The average molecular weight is 851 g/mol. The molecule has 0 unspecified atom stereocenters. The van der Waals surface area contributed by atoms with Crippen molar-refractivity contribution in [1.82, 2.24) is 0 Å². The largest absolute Gasteiger partial charge is 2.00 e. The maximum Gasteiger partial charge on any atom is 2.00 e. The first-order valence-electron chi connectivity index (χ1n) is 19.9. The molecule has 0 aliphatic carbocycles. The number of ether oxygens (including phenoxy) is 2. The fourth-order valence-corrected chi connectivity index (χ4v) is 7.55. The summed E-state index contributed by atoms with van der Waals surface area (Å²) in [7, 11) is -9.31. The SMILES string of the molecule is CCCCCCCCCCc1c(Oc2ccccc2)ccc(S(=O)(=O)O)c1O.CCCCCCCCCCc1c(Oc2ccccc2)ccc(S(=O)(=O)[O-])c1[O-].[Ca+2]. The molecule has 0 atom stereocenters. The van der Waals surface area contributed by atoms with Gasteiger partial charge in [0.1, 0.15) is 43.8 Å². The minimum atomic E-state index is -4.81. The van der Waals surface area contributed by atoms with E-state index in [1.54, 1.807) is 24.3 Å². The maximum absolute atomic E-state index is 12.6. The van der Waals surface area contributed by atoms with Crippen LogP contribution in [0.5, 0.6) is 34.5 Å². The van der Waals surface area contributed by atoms with Gasteiger partial charge in [-0.05, 0) is 79.8 Å². The van der Waals surface area contributed by atoms with Crippen LogP contribution in [0.2, 0.25) is 0 Å². The Morgan fingerprint density at radius 1 is 0.526 bits per heavy atom. The Hall–Kier alpha value is -2.84. The summed E-state index contributed by atoms with van der Waals surface area (Å²) >= 11 is 0. The van der Waals surface area contributed by atoms with Crippen LogP contribution in [-0.4, -0.2) is 68.8 Å². The zero-order valence-electron chi connectivity index (χ0n) is 33.5. The fraction of sp³-hybridized carbons (Fsp3) is 0.455. The van der Waals surface area contributed by atoms with E-state index < -0.39 is 41.5 Å². The second-order valence-electron chi connectivity index (χ2n) is 14.0. The number of aromatic hydroxyl groups is 1. The number of benzene rings is 4. The summed E-state index contributed by atoms with van der Waals surface area (Å²) in [4.78, 5) is -1.19. The minimum absolute atomic E-state index is 0. The van der Waals surface area contributed by atoms with Crippen LogP contribution in [0, 0.1) is 0 Å². The molecule has 0 saturated heterocycles. The molecule has 10 nitrogen and oxygen atoms in total. The van der Waals surface area contributed by atoms with Gasteiger partial charge in [-0.25, -0.2) is 8.42 Å². The van der Waals surface area contributed by atoms with E-state index in [2.05, 4.69) is 13.8 Å². The van der Waals surface area contributed by atoms with Crippen LogP contribution < -0.4 is 14.6 Å². The molecule has 0 fully saturated rings. The van der Waals surface area contributed by atoms with Gasteiger partial charge in [-0.3, -0.25) is 4.55 Å². The van der Waals surface area contributed by atoms with Crippen molar-refractivity contribution in [3.05, 3.63) is 96.1 Å². The predicted octanol–water partition coefficient (Wildman–Crippen LogP) is 10.9. The summed E-state index contributed by atoms with van der Waals surface area (Å²) in [6.07, 6.45) is 18.8. The Kier molecular flexibility index (Phi) is 23.8. The topological polar surface area (TPSA) is 173 Å². The molecule has 4 rings (SSSR count). The van der Waals surface area contributed by atoms with Gasteiger partial charge in [0.15, 0.2) is 0 Å². The van der Waals surface area contributed by atoms with Gasteiger partial charge < -0.3 is 24.2 Å². The number of phenolic OH excluding ortho intramolecular Hbond substituents is 1. The van der Waals surface area contributed by atoms with E-state index >= 15 is 0 Å². The third kappa shape index (κ3) is 18.3. The Balaban J connectivity index is 0.000000387. The van der Waals surface area contributed by atoms with E-state index in [9.17, 15) is 36.2 Å². The molecule has 0 saturated carbocycles. The van der Waals surface area contributed by atoms with Gasteiger partial charge in [0, 0.05) is 10.5 Å². The van der Waals surface area contributed by atoms with Gasteiger partial charge >= 0.3 is 37.7 Å². The molecule has 4 aromatic carbocycles. The molecule has 2 N–H and O–H groups in total. The van der Waals surface area contributed by atoms with Gasteiger partial charge in [-0.1, -0.05) is 146 Å². The maximum atomic E-state index is 12.6. The summed E-state index contributed by atoms with van der Waals surface area (Å²) in [6.45, 7) is 4.38. The molecule has 308 valence electrons. The standard InChI is InChI=1S/2C22H30O5S.Ca/c2*1-2-3-4-5-6-7-8-12-15-19-20(27-18-13-10-9-11-14-18)16-17-21(22(19)23)28(24,25)26;/h2*9-11,13-14,16-17,23H,2-8,12,15H2,1H3,(H,24,25,26);/q;;+2/p-2. The first-order chi connectivity index (χ1) is 26.9. The van der Waals surface area contributed by atoms with Crippen LogP contribution in [0.25, 0.3) is 0 Å². The Labute approximate surface area is 370 Å². The Morgan fingerprint density at radius 3 is 1.30 bits per heavy atom. The molecule has 0 heterocycles. The van der Waals surface area contributed by atoms with Crippen molar-refractivity contribution in [2.45, 2.75) is 139 Å². The van der Waals surface area contributed by atoms with Crippen molar-refractivity contribution in [3.8, 4) is 34.5 Å². The molecule has 0 spiro atoms. The molecule has 0 radical (unpaired) electrons. The molecule has 57 heavy (non-hydrogen) atoms. The molecule has 13 heteroatoms. The van der Waals surface area contributed by atoms with E-state index in [4.69, 9.17) is 9.47 Å². The van der Waals surface area contributed by atoms with Gasteiger partial charge in [0.25, 0.3) is 10.1 Å². The minimum Gasteiger partial charge on any atom is -0.871 e. The number of hydrogen-bond acceptors (Lipinski definition) is 9. The average Bonchev–Trinajstić information content (AvgIpc) is 3.16. The van der Waals surface area contributed by atoms with Gasteiger partial charge in [0.2, 0.25) is 0 Å². The smallest absolute Gasteiger partial charge is 0.871 e. The van der Waals surface area contributed by atoms with Crippen molar-refractivity contribution in [3.63, 3.8) is 0 Å². The zero-order chi connectivity index (χ0) is 40.8. The van der Waals surface area contributed by atoms with Crippen LogP contribution in [0.1, 0.15) is 128 Å². The number of phenols is 1. The Morgan fingerprint density at radius 2 is 0.895 bits per heavy atom. The molecule has 0 bridgehead atoms. The molecule has 0 aliphatic heterocycles. The summed E-state index contributed by atoms with van der Waals surface area (Å²) in [6, 6.07) is 23.2. The second-order valence-corrected chi connectivity index (χ2v) is 16.7. The third-order valence-electron chi connectivity index (χ3n) is 9.43. The van der Waals surface area contributed by atoms with Crippen molar-refractivity contribution in [2.24, 2.45) is 0 Å². The molecule has 0 aliphatic rings. The number of para-hydroxylation sites is 2. The van der Waals surface area contributed by atoms with Crippen LogP contribution in [-0.2, 0) is 33.1 Å². The third-order valence-corrected chi connectivity index (χ3v) is 11.2. The zero-order valence-corrected chi connectivity index (χ0v) is 37.3. The van der Waals surface area contributed by atoms with E-state index in [0.29, 0.717) is 41.4 Å². The van der Waals surface area contributed by atoms with Gasteiger partial charge in [-0.2, -0.15) is 8.42 Å². The second kappa shape index (κ2) is 27.0. The normalized spacial score (nSPS) is 11.3. The van der Waals surface area contributed by atoms with Crippen molar-refractivity contribution in [2.75, 3.05) is 0 Å². The number of unbranched alkanes of at least 4 members (excludes halogenated alkanes) is 14. The van der Waals surface area contributed by atoms with Crippen LogP contribution in [0.4, 0.5) is 0 Å². The van der Waals surface area contributed by atoms with Gasteiger partial charge in [-0.15, -0.1) is 0 Å². The monoisotopic (exact) mass is 850 g/mol. The summed E-state index contributed by atoms with van der Waals surface area (Å²) in [5.74, 6) is 0.686.